The largest absolute Gasteiger partial charge is 0.465 e. The van der Waals surface area contributed by atoms with Gasteiger partial charge in [0.2, 0.25) is 0 Å². The van der Waals surface area contributed by atoms with Gasteiger partial charge in [-0.3, -0.25) is 9.80 Å². The number of benzene rings is 2. The first-order valence-corrected chi connectivity index (χ1v) is 10.5. The topological polar surface area (TPSA) is 28.1 Å². The van der Waals surface area contributed by atoms with Gasteiger partial charge in [0.1, 0.15) is 5.82 Å². The third kappa shape index (κ3) is 5.36. The second kappa shape index (κ2) is 9.26. The molecule has 0 bridgehead atoms. The van der Waals surface area contributed by atoms with E-state index in [4.69, 9.17) is 4.74 Å². The number of amidine groups is 1. The highest BCUT2D eigenvalue weighted by Crippen LogP contribution is 2.31. The molecule has 8 heteroatoms. The molecule has 166 valence electrons. The van der Waals surface area contributed by atoms with E-state index in [0.29, 0.717) is 24.4 Å². The van der Waals surface area contributed by atoms with Crippen LogP contribution in [0.15, 0.2) is 59.6 Å². The summed E-state index contributed by atoms with van der Waals surface area (Å²) in [6.07, 6.45) is -2.72. The van der Waals surface area contributed by atoms with Crippen molar-refractivity contribution < 1.29 is 22.3 Å². The van der Waals surface area contributed by atoms with E-state index >= 15 is 0 Å². The van der Waals surface area contributed by atoms with Gasteiger partial charge < -0.3 is 4.74 Å². The number of anilines is 1. The summed E-state index contributed by atoms with van der Waals surface area (Å²) in [6.45, 7) is 2.19. The van der Waals surface area contributed by atoms with E-state index in [9.17, 15) is 17.6 Å². The molecule has 1 atom stereocenters. The minimum Gasteiger partial charge on any atom is -0.465 e. The fourth-order valence-electron chi connectivity index (χ4n) is 3.98. The van der Waals surface area contributed by atoms with Gasteiger partial charge in [0, 0.05) is 17.8 Å². The van der Waals surface area contributed by atoms with E-state index in [1.165, 1.54) is 11.0 Å². The lowest BCUT2D eigenvalue weighted by Gasteiger charge is -2.32. The average molecular weight is 435 g/mol. The van der Waals surface area contributed by atoms with Crippen LogP contribution in [0, 0.1) is 11.7 Å². The molecule has 0 aromatic heterocycles. The Labute approximate surface area is 179 Å². The SMILES string of the molecule is Fc1ccccc1CN1CCC(COC2=NC(C(F)(F)F)CN2c2ccccc2)CC1. The van der Waals surface area contributed by atoms with Crippen LogP contribution in [0.2, 0.25) is 0 Å². The third-order valence-corrected chi connectivity index (χ3v) is 5.81. The Hall–Kier alpha value is -2.61. The van der Waals surface area contributed by atoms with Gasteiger partial charge in [-0.1, -0.05) is 36.4 Å². The van der Waals surface area contributed by atoms with Crippen molar-refractivity contribution in [1.82, 2.24) is 4.90 Å². The average Bonchev–Trinajstić information content (AvgIpc) is 3.20. The lowest BCUT2D eigenvalue weighted by Crippen LogP contribution is -2.37. The van der Waals surface area contributed by atoms with Crippen LogP contribution < -0.4 is 4.90 Å². The number of likely N-dealkylation sites (tertiary alicyclic amines) is 1. The first kappa shape index (κ1) is 21.6. The van der Waals surface area contributed by atoms with Crippen LogP contribution in [0.25, 0.3) is 0 Å². The number of halogens is 4. The van der Waals surface area contributed by atoms with Crippen LogP contribution in [0.5, 0.6) is 0 Å². The van der Waals surface area contributed by atoms with Crippen LogP contribution in [0.1, 0.15) is 18.4 Å². The minimum atomic E-state index is -4.41. The summed E-state index contributed by atoms with van der Waals surface area (Å²) in [5.41, 5.74) is 1.31. The Morgan fingerprint density at radius 3 is 2.32 bits per heavy atom. The third-order valence-electron chi connectivity index (χ3n) is 5.81. The monoisotopic (exact) mass is 435 g/mol. The molecule has 2 aliphatic heterocycles. The number of piperidine rings is 1. The second-order valence-corrected chi connectivity index (χ2v) is 8.04. The molecule has 0 radical (unpaired) electrons. The van der Waals surface area contributed by atoms with Gasteiger partial charge >= 0.3 is 6.18 Å². The van der Waals surface area contributed by atoms with Gasteiger partial charge in [0.15, 0.2) is 6.04 Å². The minimum absolute atomic E-state index is 0.0299. The van der Waals surface area contributed by atoms with Crippen molar-refractivity contribution in [3.8, 4) is 0 Å². The van der Waals surface area contributed by atoms with Crippen molar-refractivity contribution in [2.75, 3.05) is 31.1 Å². The van der Waals surface area contributed by atoms with Gasteiger partial charge in [-0.15, -0.1) is 0 Å². The fourth-order valence-corrected chi connectivity index (χ4v) is 3.98. The molecule has 2 aliphatic rings. The maximum absolute atomic E-state index is 13.9. The Morgan fingerprint density at radius 2 is 1.65 bits per heavy atom. The van der Waals surface area contributed by atoms with Gasteiger partial charge in [0.05, 0.1) is 13.2 Å². The number of hydrogen-bond acceptors (Lipinski definition) is 4. The molecule has 0 spiro atoms. The van der Waals surface area contributed by atoms with Gasteiger partial charge in [0.25, 0.3) is 6.02 Å². The molecule has 2 aromatic rings. The normalized spacial score (nSPS) is 20.7. The van der Waals surface area contributed by atoms with E-state index < -0.39 is 12.2 Å². The predicted molar refractivity (Wildman–Crippen MR) is 111 cm³/mol. The first-order valence-electron chi connectivity index (χ1n) is 10.5. The van der Waals surface area contributed by atoms with Crippen LogP contribution >= 0.6 is 0 Å². The zero-order valence-electron chi connectivity index (χ0n) is 17.1. The number of rotatable bonds is 5. The second-order valence-electron chi connectivity index (χ2n) is 8.04. The molecule has 2 aromatic carbocycles. The van der Waals surface area contributed by atoms with Gasteiger partial charge in [-0.05, 0) is 50.0 Å². The molecule has 4 nitrogen and oxygen atoms in total. The molecule has 31 heavy (non-hydrogen) atoms. The number of alkyl halides is 3. The molecule has 0 amide bonds. The summed E-state index contributed by atoms with van der Waals surface area (Å²) >= 11 is 0. The molecule has 1 fully saturated rings. The van der Waals surface area contributed by atoms with Crippen molar-refractivity contribution in [3.63, 3.8) is 0 Å². The Kier molecular flexibility index (Phi) is 6.46. The van der Waals surface area contributed by atoms with Crippen molar-refractivity contribution in [2.45, 2.75) is 31.6 Å². The maximum atomic E-state index is 13.9. The molecule has 4 rings (SSSR count). The maximum Gasteiger partial charge on any atom is 0.412 e. The van der Waals surface area contributed by atoms with Crippen LogP contribution in [0.3, 0.4) is 0 Å². The molecule has 0 N–H and O–H groups in total. The summed E-state index contributed by atoms with van der Waals surface area (Å²) in [7, 11) is 0. The molecular formula is C23H25F4N3O. The predicted octanol–water partition coefficient (Wildman–Crippen LogP) is 4.86. The number of ether oxygens (including phenoxy) is 1. The quantitative estimate of drug-likeness (QED) is 0.628. The molecule has 1 saturated heterocycles. The summed E-state index contributed by atoms with van der Waals surface area (Å²) in [5, 5.41) is 0. The summed E-state index contributed by atoms with van der Waals surface area (Å²) < 4.78 is 59.4. The van der Waals surface area contributed by atoms with E-state index in [2.05, 4.69) is 9.89 Å². The molecule has 1 unspecified atom stereocenters. The highest BCUT2D eigenvalue weighted by atomic mass is 19.4. The van der Waals surface area contributed by atoms with Gasteiger partial charge in [-0.2, -0.15) is 13.2 Å². The van der Waals surface area contributed by atoms with Crippen LogP contribution in [-0.4, -0.2) is 49.4 Å². The Bertz CT molecular complexity index is 895. The van der Waals surface area contributed by atoms with Gasteiger partial charge in [-0.25, -0.2) is 9.38 Å². The van der Waals surface area contributed by atoms with Crippen molar-refractivity contribution >= 4 is 11.7 Å². The van der Waals surface area contributed by atoms with Crippen LogP contribution in [-0.2, 0) is 11.3 Å². The van der Waals surface area contributed by atoms with Crippen LogP contribution in [0.4, 0.5) is 23.2 Å². The van der Waals surface area contributed by atoms with E-state index in [-0.39, 0.29) is 24.3 Å². The first-order chi connectivity index (χ1) is 14.9. The molecule has 2 heterocycles. The Balaban J connectivity index is 1.33. The zero-order chi connectivity index (χ0) is 21.8. The van der Waals surface area contributed by atoms with E-state index in [1.54, 1.807) is 36.4 Å². The number of para-hydroxylation sites is 1. The molecular weight excluding hydrogens is 410 g/mol. The highest BCUT2D eigenvalue weighted by molar-refractivity contribution is 5.93. The number of aliphatic imine (C=N–C) groups is 1. The summed E-state index contributed by atoms with van der Waals surface area (Å²) in [4.78, 5) is 7.51. The molecule has 0 aliphatic carbocycles. The lowest BCUT2D eigenvalue weighted by molar-refractivity contribution is -0.143. The van der Waals surface area contributed by atoms with Crippen molar-refractivity contribution in [2.24, 2.45) is 10.9 Å². The standard InChI is InChI=1S/C23H25F4N3O/c24-20-9-5-4-6-18(20)14-29-12-10-17(11-13-29)16-31-22-28-21(23(25,26)27)15-30(22)19-7-2-1-3-8-19/h1-9,17,21H,10-16H2. The zero-order valence-corrected chi connectivity index (χ0v) is 17.1. The lowest BCUT2D eigenvalue weighted by atomic mass is 9.97. The van der Waals surface area contributed by atoms with Crippen molar-refractivity contribution in [3.05, 3.63) is 66.0 Å². The van der Waals surface area contributed by atoms with E-state index in [1.807, 2.05) is 12.1 Å². The number of nitrogens with zero attached hydrogens (tertiary/aromatic N) is 3. The van der Waals surface area contributed by atoms with E-state index in [0.717, 1.165) is 25.9 Å². The fraction of sp³-hybridized carbons (Fsp3) is 0.435. The summed E-state index contributed by atoms with van der Waals surface area (Å²) in [5.74, 6) is 0.0227. The summed E-state index contributed by atoms with van der Waals surface area (Å²) in [6, 6.07) is 13.9. The number of hydrogen-bond donors (Lipinski definition) is 0. The van der Waals surface area contributed by atoms with Crippen molar-refractivity contribution in [1.29, 1.82) is 0 Å². The Morgan fingerprint density at radius 1 is 0.968 bits per heavy atom. The smallest absolute Gasteiger partial charge is 0.412 e. The molecule has 0 saturated carbocycles. The highest BCUT2D eigenvalue weighted by Gasteiger charge is 2.46.